The fraction of sp³-hybridized carbons (Fsp3) is 0.923. The van der Waals surface area contributed by atoms with Gasteiger partial charge in [0.15, 0.2) is 0 Å². The van der Waals surface area contributed by atoms with Crippen molar-refractivity contribution in [1.29, 1.82) is 0 Å². The molecule has 1 heterocycles. The summed E-state index contributed by atoms with van der Waals surface area (Å²) in [6, 6.07) is 1.25. The van der Waals surface area contributed by atoms with Crippen molar-refractivity contribution < 1.29 is 0 Å². The first-order valence-corrected chi connectivity index (χ1v) is 6.20. The van der Waals surface area contributed by atoms with Crippen molar-refractivity contribution in [2.45, 2.75) is 65.1 Å². The van der Waals surface area contributed by atoms with Crippen molar-refractivity contribution in [1.82, 2.24) is 4.90 Å². The summed E-state index contributed by atoms with van der Waals surface area (Å²) in [5, 5.41) is 0. The summed E-state index contributed by atoms with van der Waals surface area (Å²) in [7, 11) is 0. The Hall–Kier alpha value is -0.550. The van der Waals surface area contributed by atoms with Gasteiger partial charge in [-0.1, -0.05) is 13.8 Å². The van der Waals surface area contributed by atoms with E-state index in [0.717, 1.165) is 6.42 Å². The van der Waals surface area contributed by atoms with Gasteiger partial charge in [0.1, 0.15) is 0 Å². The Morgan fingerprint density at radius 1 is 1.20 bits per heavy atom. The van der Waals surface area contributed by atoms with Gasteiger partial charge in [0, 0.05) is 12.5 Å². The predicted octanol–water partition coefficient (Wildman–Crippen LogP) is 3.19. The van der Waals surface area contributed by atoms with Gasteiger partial charge in [0.25, 0.3) is 0 Å². The number of rotatable bonds is 2. The molecule has 0 aromatic carbocycles. The fourth-order valence-corrected chi connectivity index (χ4v) is 2.76. The number of hydrogen-bond donors (Lipinski definition) is 0. The van der Waals surface area contributed by atoms with Gasteiger partial charge in [-0.3, -0.25) is 4.90 Å². The monoisotopic (exact) mass is 208 g/mol. The minimum Gasteiger partial charge on any atom is -0.312 e. The summed E-state index contributed by atoms with van der Waals surface area (Å²) in [6.07, 6.45) is 3.57. The van der Waals surface area contributed by atoms with Gasteiger partial charge < -0.3 is 4.85 Å². The maximum Gasteiger partial charge on any atom is 0.239 e. The van der Waals surface area contributed by atoms with E-state index in [2.05, 4.69) is 37.4 Å². The second-order valence-electron chi connectivity index (χ2n) is 5.26. The molecular formula is C13H24N2. The quantitative estimate of drug-likeness (QED) is 0.632. The fourth-order valence-electron chi connectivity index (χ4n) is 2.76. The Balaban J connectivity index is 2.87. The first-order chi connectivity index (χ1) is 7.07. The Labute approximate surface area is 94.5 Å². The molecule has 0 bridgehead atoms. The van der Waals surface area contributed by atoms with E-state index >= 15 is 0 Å². The SMILES string of the molecule is [C-]#[N+]C1CCCCN(C(C)C)C1C(C)C. The molecule has 2 unspecified atom stereocenters. The van der Waals surface area contributed by atoms with Gasteiger partial charge in [-0.05, 0) is 39.2 Å². The van der Waals surface area contributed by atoms with Crippen molar-refractivity contribution >= 4 is 0 Å². The lowest BCUT2D eigenvalue weighted by Gasteiger charge is -2.35. The summed E-state index contributed by atoms with van der Waals surface area (Å²) < 4.78 is 0. The second kappa shape index (κ2) is 5.51. The summed E-state index contributed by atoms with van der Waals surface area (Å²) in [6.45, 7) is 17.5. The first-order valence-electron chi connectivity index (χ1n) is 6.20. The molecule has 0 saturated carbocycles. The summed E-state index contributed by atoms with van der Waals surface area (Å²) in [4.78, 5) is 6.39. The predicted molar refractivity (Wildman–Crippen MR) is 64.7 cm³/mol. The van der Waals surface area contributed by atoms with Crippen LogP contribution in [0.3, 0.4) is 0 Å². The normalized spacial score (nSPS) is 29.1. The molecule has 2 atom stereocenters. The molecule has 0 radical (unpaired) electrons. The van der Waals surface area contributed by atoms with Crippen LogP contribution in [-0.4, -0.2) is 29.6 Å². The summed E-state index contributed by atoms with van der Waals surface area (Å²) in [5.41, 5.74) is 0. The van der Waals surface area contributed by atoms with Crippen LogP contribution in [-0.2, 0) is 0 Å². The van der Waals surface area contributed by atoms with E-state index < -0.39 is 0 Å². The first kappa shape index (κ1) is 12.5. The molecule has 0 aromatic heterocycles. The minimum absolute atomic E-state index is 0.217. The molecule has 0 N–H and O–H groups in total. The Morgan fingerprint density at radius 3 is 2.33 bits per heavy atom. The molecule has 15 heavy (non-hydrogen) atoms. The molecule has 0 aromatic rings. The van der Waals surface area contributed by atoms with Crippen LogP contribution in [0.25, 0.3) is 4.85 Å². The van der Waals surface area contributed by atoms with Crippen molar-refractivity contribution in [2.75, 3.05) is 6.54 Å². The number of hydrogen-bond acceptors (Lipinski definition) is 1. The second-order valence-corrected chi connectivity index (χ2v) is 5.26. The van der Waals surface area contributed by atoms with Gasteiger partial charge in [-0.2, -0.15) is 0 Å². The molecule has 1 aliphatic heterocycles. The molecule has 86 valence electrons. The lowest BCUT2D eigenvalue weighted by atomic mass is 9.93. The van der Waals surface area contributed by atoms with Crippen molar-refractivity contribution in [3.63, 3.8) is 0 Å². The number of likely N-dealkylation sites (tertiary alicyclic amines) is 1. The van der Waals surface area contributed by atoms with Gasteiger partial charge in [-0.15, -0.1) is 0 Å². The zero-order valence-corrected chi connectivity index (χ0v) is 10.5. The van der Waals surface area contributed by atoms with Crippen molar-refractivity contribution in [2.24, 2.45) is 5.92 Å². The molecule has 0 amide bonds. The van der Waals surface area contributed by atoms with Gasteiger partial charge in [0.2, 0.25) is 6.04 Å². The maximum absolute atomic E-state index is 7.35. The van der Waals surface area contributed by atoms with E-state index in [-0.39, 0.29) is 6.04 Å². The van der Waals surface area contributed by atoms with Crippen LogP contribution >= 0.6 is 0 Å². The van der Waals surface area contributed by atoms with Crippen LogP contribution in [0.5, 0.6) is 0 Å². The van der Waals surface area contributed by atoms with E-state index in [1.807, 2.05) is 0 Å². The third kappa shape index (κ3) is 2.95. The summed E-state index contributed by atoms with van der Waals surface area (Å²) >= 11 is 0. The maximum atomic E-state index is 7.35. The van der Waals surface area contributed by atoms with E-state index in [4.69, 9.17) is 6.57 Å². The third-order valence-corrected chi connectivity index (χ3v) is 3.46. The number of nitrogens with zero attached hydrogens (tertiary/aromatic N) is 2. The zero-order valence-electron chi connectivity index (χ0n) is 10.5. The molecule has 0 aliphatic carbocycles. The van der Waals surface area contributed by atoms with E-state index in [0.29, 0.717) is 18.0 Å². The lowest BCUT2D eigenvalue weighted by molar-refractivity contribution is 0.116. The average molecular weight is 208 g/mol. The molecule has 0 spiro atoms. The summed E-state index contributed by atoms with van der Waals surface area (Å²) in [5.74, 6) is 0.588. The Bertz CT molecular complexity index is 227. The molecule has 1 saturated heterocycles. The van der Waals surface area contributed by atoms with Crippen LogP contribution < -0.4 is 0 Å². The largest absolute Gasteiger partial charge is 0.312 e. The molecule has 2 nitrogen and oxygen atoms in total. The highest BCUT2D eigenvalue weighted by atomic mass is 15.2. The van der Waals surface area contributed by atoms with Gasteiger partial charge in [-0.25, -0.2) is 6.57 Å². The zero-order chi connectivity index (χ0) is 11.4. The topological polar surface area (TPSA) is 7.60 Å². The van der Waals surface area contributed by atoms with Gasteiger partial charge in [0.05, 0.1) is 6.04 Å². The minimum atomic E-state index is 0.217. The standard InChI is InChI=1S/C13H24N2/c1-10(2)13-12(14-5)8-6-7-9-15(13)11(3)4/h10-13H,6-9H2,1-4H3. The van der Waals surface area contributed by atoms with Crippen molar-refractivity contribution in [3.8, 4) is 0 Å². The molecule has 1 rings (SSSR count). The molecular weight excluding hydrogens is 184 g/mol. The van der Waals surface area contributed by atoms with Crippen LogP contribution in [0.4, 0.5) is 0 Å². The lowest BCUT2D eigenvalue weighted by Crippen LogP contribution is -2.48. The highest BCUT2D eigenvalue weighted by Gasteiger charge is 2.36. The van der Waals surface area contributed by atoms with Gasteiger partial charge >= 0.3 is 0 Å². The Morgan fingerprint density at radius 2 is 1.87 bits per heavy atom. The van der Waals surface area contributed by atoms with Crippen LogP contribution in [0, 0.1) is 12.5 Å². The molecule has 2 heteroatoms. The van der Waals surface area contributed by atoms with E-state index in [9.17, 15) is 0 Å². The van der Waals surface area contributed by atoms with Crippen molar-refractivity contribution in [3.05, 3.63) is 11.4 Å². The highest BCUT2D eigenvalue weighted by molar-refractivity contribution is 4.96. The molecule has 1 fully saturated rings. The van der Waals surface area contributed by atoms with E-state index in [1.54, 1.807) is 0 Å². The smallest absolute Gasteiger partial charge is 0.239 e. The molecule has 1 aliphatic rings. The van der Waals surface area contributed by atoms with Crippen LogP contribution in [0.15, 0.2) is 0 Å². The average Bonchev–Trinajstić information content (AvgIpc) is 2.38. The van der Waals surface area contributed by atoms with Crippen LogP contribution in [0.1, 0.15) is 47.0 Å². The highest BCUT2D eigenvalue weighted by Crippen LogP contribution is 2.26. The third-order valence-electron chi connectivity index (χ3n) is 3.46. The Kier molecular flexibility index (Phi) is 4.60. The van der Waals surface area contributed by atoms with E-state index in [1.165, 1.54) is 19.4 Å². The van der Waals surface area contributed by atoms with Crippen LogP contribution in [0.2, 0.25) is 0 Å².